The van der Waals surface area contributed by atoms with Gasteiger partial charge in [0.2, 0.25) is 0 Å². The monoisotopic (exact) mass is 856 g/mol. The van der Waals surface area contributed by atoms with Crippen LogP contribution in [0.25, 0.3) is 44.4 Å². The number of nitrogens with zero attached hydrogens (tertiary/aromatic N) is 4. The van der Waals surface area contributed by atoms with Gasteiger partial charge in [-0.2, -0.15) is 0 Å². The Morgan fingerprint density at radius 3 is 1.98 bits per heavy atom. The number of aliphatic hydroxyl groups is 1. The summed E-state index contributed by atoms with van der Waals surface area (Å²) in [5.41, 5.74) is 12.9. The first-order chi connectivity index (χ1) is 28.1. The molecule has 3 aromatic rings. The number of aliphatic hydroxyl groups excluding tert-OH is 1. The van der Waals surface area contributed by atoms with E-state index in [1.54, 1.807) is 12.1 Å². The average Bonchev–Trinajstić information content (AvgIpc) is 3.85. The van der Waals surface area contributed by atoms with Crippen LogP contribution in [0, 0.1) is 12.8 Å². The van der Waals surface area contributed by atoms with Gasteiger partial charge in [-0.25, -0.2) is 9.97 Å². The molecule has 5 heterocycles. The summed E-state index contributed by atoms with van der Waals surface area (Å²) in [7, 11) is 0. The number of carboxylic acids is 2. The maximum atomic E-state index is 12.8. The summed E-state index contributed by atoms with van der Waals surface area (Å²) in [6.45, 7) is 16.7. The summed E-state index contributed by atoms with van der Waals surface area (Å²) in [5, 5.41) is 31.1. The van der Waals surface area contributed by atoms with Crippen LogP contribution in [0.4, 0.5) is 0 Å². The maximum Gasteiger partial charge on any atom is 2.00 e. The van der Waals surface area contributed by atoms with Crippen molar-refractivity contribution in [3.8, 4) is 0 Å². The van der Waals surface area contributed by atoms with Gasteiger partial charge in [-0.05, 0) is 122 Å². The van der Waals surface area contributed by atoms with Crippen molar-refractivity contribution in [1.82, 2.24) is 19.9 Å². The van der Waals surface area contributed by atoms with Crippen molar-refractivity contribution in [2.45, 2.75) is 139 Å². The molecule has 0 amide bonds. The minimum absolute atomic E-state index is 0. The smallest absolute Gasteiger partial charge is 0.657 e. The molecule has 3 aromatic heterocycles. The van der Waals surface area contributed by atoms with E-state index in [0.29, 0.717) is 76.4 Å². The molecule has 0 saturated heterocycles. The number of fused-ring (bicyclic) bond motifs is 8. The van der Waals surface area contributed by atoms with Crippen LogP contribution < -0.4 is 9.97 Å². The Hall–Kier alpha value is -4.83. The van der Waals surface area contributed by atoms with Crippen LogP contribution >= 0.6 is 0 Å². The van der Waals surface area contributed by atoms with Gasteiger partial charge in [0.15, 0.2) is 0 Å². The third-order valence-electron chi connectivity index (χ3n) is 11.7. The number of carbonyl (C=O) groups is 3. The topological polar surface area (TPSA) is 166 Å². The first kappa shape index (κ1) is 47.8. The number of aliphatic carboxylic acids is 2. The van der Waals surface area contributed by atoms with E-state index < -0.39 is 18.0 Å². The molecule has 5 rings (SSSR count). The number of hydrogen-bond acceptors (Lipinski definition) is 6. The Balaban J connectivity index is 0.00000794. The van der Waals surface area contributed by atoms with E-state index in [-0.39, 0.29) is 48.3 Å². The van der Waals surface area contributed by atoms with Crippen molar-refractivity contribution in [2.75, 3.05) is 0 Å². The largest absolute Gasteiger partial charge is 2.00 e. The average molecular weight is 857 g/mol. The maximum absolute atomic E-state index is 12.8. The van der Waals surface area contributed by atoms with Crippen LogP contribution in [0.2, 0.25) is 0 Å². The van der Waals surface area contributed by atoms with Gasteiger partial charge in [-0.15, -0.1) is 22.1 Å². The zero-order chi connectivity index (χ0) is 43.0. The van der Waals surface area contributed by atoms with Gasteiger partial charge in [-0.1, -0.05) is 84.5 Å². The molecule has 0 saturated carbocycles. The van der Waals surface area contributed by atoms with Gasteiger partial charge in [0.05, 0.1) is 28.9 Å². The fourth-order valence-electron chi connectivity index (χ4n) is 8.23. The Morgan fingerprint density at radius 2 is 1.32 bits per heavy atom. The predicted octanol–water partition coefficient (Wildman–Crippen LogP) is 10.6. The molecule has 60 heavy (non-hydrogen) atoms. The SMILES string of the molecule is CCc1c(C)c2cc3nc(cc4[n-]c(cc5nc(cc1[n-]2)C(C)=C5CCC(=O)O)c(CCC(=O)O)c4C=O)C(C)=C3[C@@H](O)CC/C=C(\C)CCCC(C)CCC=C(C)C.[Fe+2]. The molecule has 0 spiro atoms. The Bertz CT molecular complexity index is 2390. The predicted molar refractivity (Wildman–Crippen MR) is 237 cm³/mol. The molecule has 2 aliphatic heterocycles. The fraction of sp³-hybridized carbons (Fsp3) is 0.449. The molecular formula is C49H60FeN4O6. The molecule has 1 unspecified atom stereocenters. The van der Waals surface area contributed by atoms with Crippen LogP contribution in [0.15, 0.2) is 47.6 Å². The summed E-state index contributed by atoms with van der Waals surface area (Å²) in [6.07, 6.45) is 12.0. The van der Waals surface area contributed by atoms with E-state index in [1.807, 2.05) is 32.9 Å². The molecule has 2 atom stereocenters. The van der Waals surface area contributed by atoms with Crippen LogP contribution in [-0.2, 0) is 39.5 Å². The molecule has 11 heteroatoms. The van der Waals surface area contributed by atoms with E-state index in [1.165, 1.54) is 24.0 Å². The molecule has 0 aliphatic carbocycles. The number of carbonyl (C=O) groups excluding carboxylic acids is 1. The van der Waals surface area contributed by atoms with E-state index in [4.69, 9.17) is 19.9 Å². The number of aldehydes is 1. The zero-order valence-electron chi connectivity index (χ0n) is 36.4. The molecule has 2 aliphatic rings. The van der Waals surface area contributed by atoms with E-state index in [9.17, 15) is 29.7 Å². The first-order valence-corrected chi connectivity index (χ1v) is 21.0. The van der Waals surface area contributed by atoms with Crippen LogP contribution in [-0.4, -0.2) is 49.6 Å². The minimum atomic E-state index is -1.01. The van der Waals surface area contributed by atoms with Gasteiger partial charge < -0.3 is 25.3 Å². The van der Waals surface area contributed by atoms with Crippen LogP contribution in [0.3, 0.4) is 0 Å². The fourth-order valence-corrected chi connectivity index (χ4v) is 8.23. The molecule has 0 fully saturated rings. The quantitative estimate of drug-likeness (QED) is 0.0600. The third-order valence-corrected chi connectivity index (χ3v) is 11.7. The summed E-state index contributed by atoms with van der Waals surface area (Å²) in [5.74, 6) is -1.27. The Kier molecular flexibility index (Phi) is 17.2. The molecule has 0 aromatic carbocycles. The number of allylic oxidation sites excluding steroid dienone is 7. The van der Waals surface area contributed by atoms with Crippen molar-refractivity contribution in [3.63, 3.8) is 0 Å². The summed E-state index contributed by atoms with van der Waals surface area (Å²) in [4.78, 5) is 56.2. The first-order valence-electron chi connectivity index (χ1n) is 21.0. The molecular weight excluding hydrogens is 796 g/mol. The third kappa shape index (κ3) is 11.7. The number of rotatable bonds is 19. The van der Waals surface area contributed by atoms with Gasteiger partial charge in [-0.3, -0.25) is 14.4 Å². The Labute approximate surface area is 364 Å². The van der Waals surface area contributed by atoms with Gasteiger partial charge in [0.1, 0.15) is 6.29 Å². The summed E-state index contributed by atoms with van der Waals surface area (Å²) >= 11 is 0. The second-order valence-corrected chi connectivity index (χ2v) is 16.5. The van der Waals surface area contributed by atoms with Gasteiger partial charge in [0, 0.05) is 24.0 Å². The second-order valence-electron chi connectivity index (χ2n) is 16.5. The van der Waals surface area contributed by atoms with Gasteiger partial charge >= 0.3 is 29.0 Å². The second kappa shape index (κ2) is 21.6. The Morgan fingerprint density at radius 1 is 0.733 bits per heavy atom. The number of aryl methyl sites for hydroxylation is 3. The standard InChI is InChI=1S/C49H62N4O6.Fe/c1-9-34-31(6)39-25-45-49(46(55)18-12-17-30(5)16-11-15-29(4)14-10-13-28(2)3)33(8)40(52-45)24-44-37(27-54)36(20-22-48(58)59)43(53-44)26-42-35(19-21-47(56)57)32(7)38(51-42)23-41(34)50-39;/h13,17,23-27,29,46,55H,9-12,14-16,18-22H2,1-8H3,(H4,50,51,52,53,54,56,57,58,59);/q;+2/p-2/b30-17+,38-23?,39-25?,40-24?,41-23?,42-26?,43-26?,44-24?,45-25?;/t29?,46-;/m0./s1. The summed E-state index contributed by atoms with van der Waals surface area (Å²) < 4.78 is 0. The number of hydrogen-bond donors (Lipinski definition) is 3. The van der Waals surface area contributed by atoms with Crippen molar-refractivity contribution in [1.29, 1.82) is 0 Å². The number of aromatic nitrogens is 4. The number of carboxylic acid groups (broad SMARTS) is 2. The van der Waals surface area contributed by atoms with Crippen molar-refractivity contribution >= 4 is 62.6 Å². The molecule has 10 nitrogen and oxygen atoms in total. The molecule has 8 bridgehead atoms. The summed E-state index contributed by atoms with van der Waals surface area (Å²) in [6, 6.07) is 7.31. The molecule has 0 radical (unpaired) electrons. The van der Waals surface area contributed by atoms with Crippen molar-refractivity contribution < 1.29 is 46.8 Å². The van der Waals surface area contributed by atoms with E-state index in [2.05, 4.69) is 46.8 Å². The van der Waals surface area contributed by atoms with E-state index >= 15 is 0 Å². The molecule has 3 N–H and O–H groups in total. The van der Waals surface area contributed by atoms with Crippen LogP contribution in [0.5, 0.6) is 0 Å². The van der Waals surface area contributed by atoms with Crippen molar-refractivity contribution in [3.05, 3.63) is 92.6 Å². The zero-order valence-corrected chi connectivity index (χ0v) is 37.5. The minimum Gasteiger partial charge on any atom is -0.657 e. The van der Waals surface area contributed by atoms with Gasteiger partial charge in [0.25, 0.3) is 0 Å². The van der Waals surface area contributed by atoms with E-state index in [0.717, 1.165) is 58.1 Å². The normalized spacial score (nSPS) is 13.9. The molecule has 320 valence electrons. The van der Waals surface area contributed by atoms with Crippen LogP contribution in [0.1, 0.15) is 162 Å². The van der Waals surface area contributed by atoms with Crippen molar-refractivity contribution in [2.24, 2.45) is 5.92 Å².